The molecule has 549 valence electrons. The van der Waals surface area contributed by atoms with Crippen LogP contribution in [0.4, 0.5) is 0 Å². The van der Waals surface area contributed by atoms with Crippen molar-refractivity contribution in [2.45, 2.75) is 214 Å². The molecule has 0 aliphatic carbocycles. The van der Waals surface area contributed by atoms with Gasteiger partial charge in [-0.2, -0.15) is 17.1 Å². The van der Waals surface area contributed by atoms with Crippen LogP contribution in [0.5, 0.6) is 0 Å². The number of aromatic nitrogens is 2. The maximum atomic E-state index is 14.3. The number of carbonyl (C=O) groups is 7. The maximum absolute atomic E-state index is 14.3. The fourth-order valence-corrected chi connectivity index (χ4v) is 17.8. The molecule has 7 amide bonds. The number of amides is 7. The number of imidazole rings is 1. The van der Waals surface area contributed by atoms with Gasteiger partial charge in [-0.3, -0.25) is 48.5 Å². The second-order valence-electron chi connectivity index (χ2n) is 29.3. The minimum Gasteiger partial charge on any atom is -0.685 e. The van der Waals surface area contributed by atoms with Gasteiger partial charge in [0.15, 0.2) is 6.23 Å². The van der Waals surface area contributed by atoms with Crippen LogP contribution in [0.1, 0.15) is 161 Å². The van der Waals surface area contributed by atoms with Gasteiger partial charge in [-0.1, -0.05) is 59.2 Å². The molecule has 100 heavy (non-hydrogen) atoms. The number of carbonyl (C=O) groups excluding carboxylic acids is 7. The molecular weight excluding hydrogens is 1350 g/mol. The molecule has 3 aromatic rings. The van der Waals surface area contributed by atoms with Gasteiger partial charge in [-0.05, 0) is 136 Å². The number of aliphatic imine (C=N–C) groups is 1. The van der Waals surface area contributed by atoms with Gasteiger partial charge < -0.3 is 86.5 Å². The third-order valence-corrected chi connectivity index (χ3v) is 23.3. The SMILES string of the molecule is C/C1=C2/[N-][C@H]([C@H](CC(N)=O)[C@@]2(C)CCC(=O)N=C[C@@H](C)OP(=O)(O)O[C@H]2[C@@H](O)[C@@H]([n+]3c[n-]c4cc(C)c(C)cc43)O[C@@H]2CO)[C@]2(C)[N-]C(/C(C)=C3\[N-]/C(=C\C4[N-]C1[C@@H](CCC(N)=O)C4(C)C)[C@@H](CCC(N)=O)[C@]3(C)CC(N)=O)[C@@H](CCC(N)=O)[C@]2(C)CC(N)=O.[C-]#Cc1cccc(C)c1.[Co]. The summed E-state index contributed by atoms with van der Waals surface area (Å²) in [6.07, 6.45) is 3.34. The fraction of sp³-hybridized carbons (Fsp3) is 0.592. The van der Waals surface area contributed by atoms with E-state index in [0.29, 0.717) is 39.3 Å². The number of hydrogen-bond acceptors (Lipinski definition) is 13. The van der Waals surface area contributed by atoms with Gasteiger partial charge in [0.05, 0.1) is 24.0 Å². The van der Waals surface area contributed by atoms with E-state index in [4.69, 9.17) is 75.9 Å². The van der Waals surface area contributed by atoms with Crippen molar-refractivity contribution in [1.29, 1.82) is 0 Å². The summed E-state index contributed by atoms with van der Waals surface area (Å²) in [6, 6.07) is 8.17. The number of benzene rings is 2. The molecule has 8 bridgehead atoms. The normalized spacial score (nSPS) is 34.0. The first kappa shape index (κ1) is 80.2. The van der Waals surface area contributed by atoms with Gasteiger partial charge in [-0.15, -0.1) is 64.6 Å². The van der Waals surface area contributed by atoms with E-state index in [1.165, 1.54) is 18.8 Å². The molecule has 6 aliphatic rings. The van der Waals surface area contributed by atoms with E-state index in [0.717, 1.165) is 22.9 Å². The van der Waals surface area contributed by atoms with Crippen LogP contribution in [0.25, 0.3) is 32.3 Å². The molecule has 4 unspecified atom stereocenters. The Morgan fingerprint density at radius 2 is 1.40 bits per heavy atom. The molecule has 2 aromatic carbocycles. The number of aliphatic hydroxyl groups is 2. The number of phosphoric acid groups is 1. The van der Waals surface area contributed by atoms with Crippen molar-refractivity contribution in [2.24, 2.45) is 84.7 Å². The molecule has 5 saturated heterocycles. The van der Waals surface area contributed by atoms with Crippen LogP contribution >= 0.6 is 7.82 Å². The van der Waals surface area contributed by atoms with E-state index in [-0.39, 0.29) is 87.4 Å². The topological polar surface area (TPSA) is 468 Å². The first-order valence-electron chi connectivity index (χ1n) is 33.5. The van der Waals surface area contributed by atoms with Crippen molar-refractivity contribution in [3.63, 3.8) is 0 Å². The number of ether oxygens (including phenoxy) is 1. The predicted molar refractivity (Wildman–Crippen MR) is 369 cm³/mol. The number of phosphoric ester groups is 1. The summed E-state index contributed by atoms with van der Waals surface area (Å²) in [7, 11) is -5.11. The monoisotopic (exact) mass is 1450 g/mol. The molecule has 5 fully saturated rings. The van der Waals surface area contributed by atoms with Gasteiger partial charge in [0.1, 0.15) is 24.4 Å². The summed E-state index contributed by atoms with van der Waals surface area (Å²) in [5.74, 6) is -4.87. The molecule has 18 atom stereocenters. The molecule has 1 aromatic heterocycles. The van der Waals surface area contributed by atoms with E-state index in [2.05, 4.69) is 15.9 Å². The Hall–Kier alpha value is -7.13. The van der Waals surface area contributed by atoms with Crippen LogP contribution in [0.15, 0.2) is 82.0 Å². The number of aliphatic hydroxyl groups excluding tert-OH is 2. The van der Waals surface area contributed by atoms with Crippen LogP contribution in [0.3, 0.4) is 0 Å². The van der Waals surface area contributed by atoms with Gasteiger partial charge in [-0.25, -0.2) is 14.5 Å². The number of hydrogen-bond donors (Lipinski definition) is 9. The van der Waals surface area contributed by atoms with Crippen LogP contribution in [0.2, 0.25) is 0 Å². The third kappa shape index (κ3) is 16.3. The molecule has 27 nitrogen and oxygen atoms in total. The van der Waals surface area contributed by atoms with Gasteiger partial charge in [0.2, 0.25) is 41.4 Å². The van der Waals surface area contributed by atoms with Crippen molar-refractivity contribution in [3.8, 4) is 5.92 Å². The summed E-state index contributed by atoms with van der Waals surface area (Å²) in [4.78, 5) is 113. The van der Waals surface area contributed by atoms with Crippen molar-refractivity contribution in [2.75, 3.05) is 6.61 Å². The number of allylic oxidation sites excluding steroid dienone is 3. The molecule has 7 heterocycles. The van der Waals surface area contributed by atoms with Crippen molar-refractivity contribution in [1.82, 2.24) is 4.98 Å². The Labute approximate surface area is 595 Å². The maximum Gasteiger partial charge on any atom is 0.473 e. The Morgan fingerprint density at radius 1 is 0.790 bits per heavy atom. The zero-order valence-electron chi connectivity index (χ0n) is 58.9. The number of fused-ring (bicyclic) bond motifs is 10. The Balaban J connectivity index is 0.00000130. The molecule has 1 radical (unpaired) electrons. The molecule has 9 rings (SSSR count). The minimum atomic E-state index is -5.11. The smallest absolute Gasteiger partial charge is 0.473 e. The first-order chi connectivity index (χ1) is 46.2. The minimum absolute atomic E-state index is 0. The second-order valence-corrected chi connectivity index (χ2v) is 30.7. The van der Waals surface area contributed by atoms with Crippen molar-refractivity contribution in [3.05, 3.63) is 127 Å². The molecule has 15 N–H and O–H groups in total. The summed E-state index contributed by atoms with van der Waals surface area (Å²) >= 11 is 0. The summed E-state index contributed by atoms with van der Waals surface area (Å²) in [5.41, 5.74) is 38.0. The fourth-order valence-electron chi connectivity index (χ4n) is 16.7. The van der Waals surface area contributed by atoms with Crippen molar-refractivity contribution < 1.29 is 88.4 Å². The number of primary amides is 6. The summed E-state index contributed by atoms with van der Waals surface area (Å²) in [6.45, 7) is 21.6. The average Bonchev–Trinajstić information content (AvgIpc) is 1.53. The number of aryl methyl sites for hydroxylation is 3. The van der Waals surface area contributed by atoms with E-state index in [1.807, 2.05) is 119 Å². The largest absolute Gasteiger partial charge is 0.685 e. The van der Waals surface area contributed by atoms with Crippen LogP contribution in [0, 0.1) is 78.4 Å². The zero-order chi connectivity index (χ0) is 73.4. The van der Waals surface area contributed by atoms with E-state index in [9.17, 15) is 53.2 Å². The third-order valence-electron chi connectivity index (χ3n) is 22.2. The van der Waals surface area contributed by atoms with E-state index in [1.54, 1.807) is 4.57 Å². The summed E-state index contributed by atoms with van der Waals surface area (Å²) in [5, 5.41) is 44.1. The van der Waals surface area contributed by atoms with Crippen LogP contribution in [-0.4, -0.2) is 123 Å². The molecule has 0 spiro atoms. The Bertz CT molecular complexity index is 3890. The molecule has 6 aliphatic heterocycles. The zero-order valence-corrected chi connectivity index (χ0v) is 60.8. The first-order valence-corrected chi connectivity index (χ1v) is 35.0. The van der Waals surface area contributed by atoms with Gasteiger partial charge in [0.25, 0.3) is 0 Å². The van der Waals surface area contributed by atoms with E-state index < -0.39 is 161 Å². The van der Waals surface area contributed by atoms with Crippen molar-refractivity contribution >= 4 is 66.4 Å². The second kappa shape index (κ2) is 31.2. The van der Waals surface area contributed by atoms with Gasteiger partial charge >= 0.3 is 7.82 Å². The number of rotatable bonds is 25. The van der Waals surface area contributed by atoms with Gasteiger partial charge in [0, 0.05) is 67.9 Å². The summed E-state index contributed by atoms with van der Waals surface area (Å²) < 4.78 is 32.1. The van der Waals surface area contributed by atoms with Crippen LogP contribution in [-0.2, 0) is 68.7 Å². The standard InChI is InChI=1S/C62H90N13O14P.C9H7.Co/c1-29-20-39-40(21-30(29)2)75(28-70-39)57-52(84)53(41(27-76)87-57)89-90(85,86)88-31(3)26-69-49(83)18-19-59(8)37(22-46(66)80)56-62(11)61(10,25-48(68)82)36(14-17-45(65)79)51(74-62)33(5)55-60(9,24-47(67)81)34(12-15-43(63)77)38(71-55)23-42-58(6,7)35(13-16-44(64)78)50(72-42)32(4)54(59)73-56;1-3-9-6-4-5-8(2)7-9;/h20-21,23,26,28,31,34-37,41-42,50-53,56-57,76,84H,12-19,22,24-25,27H2,1-11H3,(H13,63,64,65,66,67,68,77,78,79,80,81,82,85,86);4-7H,2H3;/q-4;-1;/b38-23-,54-32-,55-33-,69-26?;;/t31-,34-,35-,36-,37+,41-,42?,50?,51?,52-,53-,56-,57+,59-,60+,61+,62+;;/m1../s1. The number of nitrogens with two attached hydrogens (primary N) is 6. The van der Waals surface area contributed by atoms with E-state index >= 15 is 0 Å². The molecular formula is C71H97CoN13O14P-5. The molecule has 0 saturated carbocycles. The predicted octanol–water partition coefficient (Wildman–Crippen LogP) is 6.31. The van der Waals surface area contributed by atoms with Crippen LogP contribution < -0.4 is 44.0 Å². The quantitative estimate of drug-likeness (QED) is 0.0147. The Kier molecular flexibility index (Phi) is 25.0. The average molecular weight is 1450 g/mol. The molecule has 29 heteroatoms. The Morgan fingerprint density at radius 3 is 1.98 bits per heavy atom. The number of nitrogens with zero attached hydrogens (tertiary/aromatic N) is 7.